The molecule has 0 spiro atoms. The summed E-state index contributed by atoms with van der Waals surface area (Å²) >= 11 is 5.93. The predicted molar refractivity (Wildman–Crippen MR) is 103 cm³/mol. The first-order chi connectivity index (χ1) is 14.6. The monoisotopic (exact) mass is 453 g/mol. The standard InChI is InChI=1S/C20H12ClF4N3O3/c21-12-4-1-3-11(20(23,24)25)15(12)18(29)28-14-6-2-5-13(22)16(14)17(26-28)27-8-7-10(9-27)19(30)31/h1-8,10H,9H2,(H,30,31). The number of rotatable bonds is 3. The van der Waals surface area contributed by atoms with Crippen LogP contribution in [0.5, 0.6) is 0 Å². The number of carboxylic acid groups (broad SMARTS) is 1. The lowest BCUT2D eigenvalue weighted by Crippen LogP contribution is -2.24. The molecule has 11 heteroatoms. The van der Waals surface area contributed by atoms with Crippen LogP contribution in [-0.2, 0) is 11.0 Å². The Hall–Kier alpha value is -3.40. The number of aromatic nitrogens is 2. The van der Waals surface area contributed by atoms with Gasteiger partial charge in [-0.3, -0.25) is 9.59 Å². The lowest BCUT2D eigenvalue weighted by atomic mass is 10.1. The highest BCUT2D eigenvalue weighted by Crippen LogP contribution is 2.37. The summed E-state index contributed by atoms with van der Waals surface area (Å²) < 4.78 is 55.7. The fourth-order valence-corrected chi connectivity index (χ4v) is 3.66. The molecule has 4 rings (SSSR count). The highest BCUT2D eigenvalue weighted by atomic mass is 35.5. The molecule has 0 bridgehead atoms. The molecule has 0 saturated heterocycles. The molecule has 0 radical (unpaired) electrons. The number of halogens is 5. The molecule has 1 N–H and O–H groups in total. The molecular weight excluding hydrogens is 442 g/mol. The minimum atomic E-state index is -4.86. The van der Waals surface area contributed by atoms with E-state index in [9.17, 15) is 32.3 Å². The molecule has 0 aliphatic carbocycles. The Morgan fingerprint density at radius 3 is 2.52 bits per heavy atom. The third kappa shape index (κ3) is 3.52. The van der Waals surface area contributed by atoms with Gasteiger partial charge in [0.25, 0.3) is 5.91 Å². The molecule has 1 aliphatic rings. The summed E-state index contributed by atoms with van der Waals surface area (Å²) in [5.41, 5.74) is -2.16. The third-order valence-corrected chi connectivity index (χ3v) is 5.16. The number of carbonyl (C=O) groups excluding carboxylic acids is 1. The zero-order valence-corrected chi connectivity index (χ0v) is 16.2. The molecule has 1 unspecified atom stereocenters. The van der Waals surface area contributed by atoms with E-state index in [1.54, 1.807) is 0 Å². The van der Waals surface area contributed by atoms with Crippen LogP contribution in [0, 0.1) is 11.7 Å². The first-order valence-electron chi connectivity index (χ1n) is 8.85. The molecule has 1 aromatic heterocycles. The van der Waals surface area contributed by atoms with Crippen LogP contribution >= 0.6 is 11.6 Å². The fourth-order valence-electron chi connectivity index (χ4n) is 3.41. The number of alkyl halides is 3. The van der Waals surface area contributed by atoms with Crippen molar-refractivity contribution < 1.29 is 32.3 Å². The van der Waals surface area contributed by atoms with Gasteiger partial charge in [-0.1, -0.05) is 29.8 Å². The Kier molecular flexibility index (Phi) is 4.97. The molecule has 160 valence electrons. The quantitative estimate of drug-likeness (QED) is 0.588. The average molecular weight is 454 g/mol. The van der Waals surface area contributed by atoms with E-state index in [0.717, 1.165) is 18.2 Å². The Morgan fingerprint density at radius 1 is 1.16 bits per heavy atom. The Morgan fingerprint density at radius 2 is 1.87 bits per heavy atom. The van der Waals surface area contributed by atoms with Gasteiger partial charge in [-0.15, -0.1) is 5.10 Å². The van der Waals surface area contributed by atoms with Crippen LogP contribution in [-0.4, -0.2) is 33.3 Å². The number of aliphatic carboxylic acids is 1. The highest BCUT2D eigenvalue weighted by molar-refractivity contribution is 6.34. The van der Waals surface area contributed by atoms with Crippen molar-refractivity contribution in [1.29, 1.82) is 0 Å². The zero-order valence-electron chi connectivity index (χ0n) is 15.4. The maximum Gasteiger partial charge on any atom is 0.417 e. The maximum absolute atomic E-state index is 14.6. The molecular formula is C20H12ClF4N3O3. The van der Waals surface area contributed by atoms with Crippen molar-refractivity contribution in [2.45, 2.75) is 6.18 Å². The molecule has 31 heavy (non-hydrogen) atoms. The number of carbonyl (C=O) groups is 2. The molecule has 0 saturated carbocycles. The van der Waals surface area contributed by atoms with Crippen molar-refractivity contribution in [3.63, 3.8) is 0 Å². The van der Waals surface area contributed by atoms with E-state index in [1.807, 2.05) is 0 Å². The topological polar surface area (TPSA) is 75.4 Å². The summed E-state index contributed by atoms with van der Waals surface area (Å²) in [7, 11) is 0. The number of nitrogens with zero attached hydrogens (tertiary/aromatic N) is 3. The Labute approximate surface area is 176 Å². The molecule has 6 nitrogen and oxygen atoms in total. The van der Waals surface area contributed by atoms with Crippen LogP contribution in [0.25, 0.3) is 10.9 Å². The summed E-state index contributed by atoms with van der Waals surface area (Å²) in [5, 5.41) is 12.7. The van der Waals surface area contributed by atoms with Gasteiger partial charge < -0.3 is 10.0 Å². The smallest absolute Gasteiger partial charge is 0.417 e. The minimum absolute atomic E-state index is 0.0795. The summed E-state index contributed by atoms with van der Waals surface area (Å²) in [6.45, 7) is -0.0795. The van der Waals surface area contributed by atoms with E-state index >= 15 is 0 Å². The predicted octanol–water partition coefficient (Wildman–Crippen LogP) is 4.57. The van der Waals surface area contributed by atoms with Gasteiger partial charge in [-0.25, -0.2) is 4.39 Å². The lowest BCUT2D eigenvalue weighted by molar-refractivity contribution is -0.139. The van der Waals surface area contributed by atoms with Gasteiger partial charge in [-0.05, 0) is 24.3 Å². The van der Waals surface area contributed by atoms with Crippen LogP contribution in [0.4, 0.5) is 23.4 Å². The fraction of sp³-hybridized carbons (Fsp3) is 0.150. The van der Waals surface area contributed by atoms with E-state index in [2.05, 4.69) is 5.10 Å². The molecule has 1 atom stereocenters. The minimum Gasteiger partial charge on any atom is -0.481 e. The Bertz CT molecular complexity index is 1250. The van der Waals surface area contributed by atoms with Crippen LogP contribution in [0.2, 0.25) is 5.02 Å². The molecule has 2 aromatic carbocycles. The molecule has 1 aliphatic heterocycles. The summed E-state index contributed by atoms with van der Waals surface area (Å²) in [4.78, 5) is 25.7. The second-order valence-electron chi connectivity index (χ2n) is 6.77. The molecule has 0 fully saturated rings. The van der Waals surface area contributed by atoms with Gasteiger partial charge in [-0.2, -0.15) is 17.9 Å². The van der Waals surface area contributed by atoms with Crippen LogP contribution in [0.3, 0.4) is 0 Å². The largest absolute Gasteiger partial charge is 0.481 e. The van der Waals surface area contributed by atoms with Gasteiger partial charge >= 0.3 is 12.1 Å². The third-order valence-electron chi connectivity index (χ3n) is 4.84. The van der Waals surface area contributed by atoms with Crippen molar-refractivity contribution in [2.24, 2.45) is 5.92 Å². The average Bonchev–Trinajstić information content (AvgIpc) is 3.32. The van der Waals surface area contributed by atoms with Crippen molar-refractivity contribution in [3.05, 3.63) is 70.6 Å². The summed E-state index contributed by atoms with van der Waals surface area (Å²) in [6, 6.07) is 6.63. The van der Waals surface area contributed by atoms with Gasteiger partial charge in [0.15, 0.2) is 5.82 Å². The van der Waals surface area contributed by atoms with Crippen molar-refractivity contribution in [2.75, 3.05) is 11.4 Å². The second kappa shape index (κ2) is 7.38. The number of anilines is 1. The maximum atomic E-state index is 14.6. The van der Waals surface area contributed by atoms with E-state index in [0.29, 0.717) is 10.7 Å². The summed E-state index contributed by atoms with van der Waals surface area (Å²) in [5.74, 6) is -4.05. The van der Waals surface area contributed by atoms with E-state index in [4.69, 9.17) is 11.6 Å². The van der Waals surface area contributed by atoms with E-state index in [1.165, 1.54) is 29.3 Å². The van der Waals surface area contributed by atoms with Crippen LogP contribution < -0.4 is 4.90 Å². The van der Waals surface area contributed by atoms with Gasteiger partial charge in [0, 0.05) is 12.7 Å². The number of benzene rings is 2. The van der Waals surface area contributed by atoms with Gasteiger partial charge in [0.1, 0.15) is 5.82 Å². The Balaban J connectivity index is 1.90. The number of fused-ring (bicyclic) bond motifs is 1. The first kappa shape index (κ1) is 20.9. The number of hydrogen-bond donors (Lipinski definition) is 1. The highest BCUT2D eigenvalue weighted by Gasteiger charge is 2.38. The SMILES string of the molecule is O=C(O)C1C=CN(c2nn(C(=O)c3c(Cl)cccc3C(F)(F)F)c3cccc(F)c23)C1. The van der Waals surface area contributed by atoms with Gasteiger partial charge in [0.05, 0.1) is 33.0 Å². The molecule has 3 aromatic rings. The lowest BCUT2D eigenvalue weighted by Gasteiger charge is -2.14. The summed E-state index contributed by atoms with van der Waals surface area (Å²) in [6.07, 6.45) is -2.12. The van der Waals surface area contributed by atoms with Crippen molar-refractivity contribution in [1.82, 2.24) is 9.78 Å². The normalized spacial score (nSPS) is 16.3. The molecule has 2 heterocycles. The first-order valence-corrected chi connectivity index (χ1v) is 9.23. The van der Waals surface area contributed by atoms with Crippen LogP contribution in [0.15, 0.2) is 48.7 Å². The van der Waals surface area contributed by atoms with Gasteiger partial charge in [0.2, 0.25) is 0 Å². The number of carboxylic acids is 1. The second-order valence-corrected chi connectivity index (χ2v) is 7.18. The van der Waals surface area contributed by atoms with E-state index in [-0.39, 0.29) is 23.3 Å². The van der Waals surface area contributed by atoms with Crippen molar-refractivity contribution in [3.8, 4) is 0 Å². The molecule has 0 amide bonds. The van der Waals surface area contributed by atoms with Crippen LogP contribution in [0.1, 0.15) is 15.9 Å². The van der Waals surface area contributed by atoms with E-state index < -0.39 is 45.9 Å². The van der Waals surface area contributed by atoms with Crippen molar-refractivity contribution >= 4 is 40.2 Å². The zero-order chi connectivity index (χ0) is 22.5. The number of hydrogen-bond acceptors (Lipinski definition) is 4.